The molecule has 2 saturated heterocycles. The van der Waals surface area contributed by atoms with Crippen LogP contribution in [-0.2, 0) is 11.3 Å². The number of aromatic nitrogens is 1. The molecule has 0 saturated carbocycles. The van der Waals surface area contributed by atoms with Crippen molar-refractivity contribution in [1.29, 1.82) is 0 Å². The second-order valence-corrected chi connectivity index (χ2v) is 5.49. The summed E-state index contributed by atoms with van der Waals surface area (Å²) in [7, 11) is 0. The van der Waals surface area contributed by atoms with Crippen LogP contribution in [0.2, 0.25) is 0 Å². The van der Waals surface area contributed by atoms with Crippen LogP contribution >= 0.6 is 24.0 Å². The van der Waals surface area contributed by atoms with Crippen LogP contribution in [0.3, 0.4) is 0 Å². The summed E-state index contributed by atoms with van der Waals surface area (Å²) in [6.07, 6.45) is 4.44. The molecule has 1 aromatic heterocycles. The molecule has 2 aliphatic heterocycles. The normalized spacial score (nSPS) is 19.2. The molecule has 3 heterocycles. The van der Waals surface area contributed by atoms with E-state index >= 15 is 0 Å². The maximum absolute atomic E-state index is 6.02. The first-order valence-electron chi connectivity index (χ1n) is 7.65. The van der Waals surface area contributed by atoms with E-state index in [9.17, 15) is 0 Å². The summed E-state index contributed by atoms with van der Waals surface area (Å²) in [6.45, 7) is 5.91. The average Bonchev–Trinajstić information content (AvgIpc) is 3.08. The fourth-order valence-electron chi connectivity index (χ4n) is 2.71. The summed E-state index contributed by atoms with van der Waals surface area (Å²) in [5.74, 6) is 1.67. The van der Waals surface area contributed by atoms with E-state index in [1.165, 1.54) is 12.8 Å². The molecule has 0 bridgehead atoms. The SMILES string of the molecule is I.NC(=NCc1ccc(N2CCCC2)nc1)N1CCOCC1. The molecule has 7 heteroatoms. The van der Waals surface area contributed by atoms with Gasteiger partial charge in [-0.15, -0.1) is 24.0 Å². The molecule has 0 spiro atoms. The first-order valence-corrected chi connectivity index (χ1v) is 7.65. The number of nitrogens with two attached hydrogens (primary N) is 1. The van der Waals surface area contributed by atoms with E-state index in [0.717, 1.165) is 50.8 Å². The lowest BCUT2D eigenvalue weighted by Crippen LogP contribution is -2.44. The molecule has 0 unspecified atom stereocenters. The predicted octanol–water partition coefficient (Wildman–Crippen LogP) is 1.45. The maximum Gasteiger partial charge on any atom is 0.191 e. The van der Waals surface area contributed by atoms with Crippen LogP contribution in [0.4, 0.5) is 5.82 Å². The van der Waals surface area contributed by atoms with Crippen LogP contribution in [0.1, 0.15) is 18.4 Å². The molecular weight excluding hydrogens is 393 g/mol. The lowest BCUT2D eigenvalue weighted by atomic mass is 10.3. The zero-order chi connectivity index (χ0) is 14.5. The van der Waals surface area contributed by atoms with Gasteiger partial charge in [0.2, 0.25) is 0 Å². The summed E-state index contributed by atoms with van der Waals surface area (Å²) in [6, 6.07) is 4.18. The highest BCUT2D eigenvalue weighted by atomic mass is 127. The molecule has 1 aromatic rings. The molecule has 122 valence electrons. The molecule has 2 N–H and O–H groups in total. The van der Waals surface area contributed by atoms with Crippen LogP contribution in [0, 0.1) is 0 Å². The summed E-state index contributed by atoms with van der Waals surface area (Å²) in [5, 5.41) is 0. The quantitative estimate of drug-likeness (QED) is 0.458. The van der Waals surface area contributed by atoms with Gasteiger partial charge < -0.3 is 20.3 Å². The highest BCUT2D eigenvalue weighted by molar-refractivity contribution is 14.0. The first-order chi connectivity index (χ1) is 10.3. The zero-order valence-electron chi connectivity index (χ0n) is 12.8. The third-order valence-electron chi connectivity index (χ3n) is 4.00. The number of guanidine groups is 1. The minimum atomic E-state index is 0. The third-order valence-corrected chi connectivity index (χ3v) is 4.00. The number of aliphatic imine (C=N–C) groups is 1. The zero-order valence-corrected chi connectivity index (χ0v) is 15.1. The Morgan fingerprint density at radius 1 is 1.18 bits per heavy atom. The second kappa shape index (κ2) is 8.52. The van der Waals surface area contributed by atoms with Gasteiger partial charge in [-0.3, -0.25) is 0 Å². The van der Waals surface area contributed by atoms with Gasteiger partial charge in [0.1, 0.15) is 5.82 Å². The second-order valence-electron chi connectivity index (χ2n) is 5.49. The van der Waals surface area contributed by atoms with E-state index in [4.69, 9.17) is 10.5 Å². The number of halogens is 1. The predicted molar refractivity (Wildman–Crippen MR) is 98.8 cm³/mol. The van der Waals surface area contributed by atoms with Crippen molar-refractivity contribution in [2.24, 2.45) is 10.7 Å². The van der Waals surface area contributed by atoms with Gasteiger partial charge in [0.15, 0.2) is 5.96 Å². The Labute approximate surface area is 148 Å². The molecular formula is C15H24IN5O. The van der Waals surface area contributed by atoms with Crippen molar-refractivity contribution in [2.45, 2.75) is 19.4 Å². The van der Waals surface area contributed by atoms with Gasteiger partial charge >= 0.3 is 0 Å². The molecule has 2 fully saturated rings. The van der Waals surface area contributed by atoms with Crippen molar-refractivity contribution >= 4 is 35.8 Å². The van der Waals surface area contributed by atoms with E-state index < -0.39 is 0 Å². The Kier molecular flexibility index (Phi) is 6.69. The largest absolute Gasteiger partial charge is 0.378 e. The summed E-state index contributed by atoms with van der Waals surface area (Å²) in [4.78, 5) is 13.4. The fraction of sp³-hybridized carbons (Fsp3) is 0.600. The standard InChI is InChI=1S/C15H23N5O.HI/c16-15(20-7-9-21-10-8-20)18-12-13-3-4-14(17-11-13)19-5-1-2-6-19;/h3-4,11H,1-2,5-10,12H2,(H2,16,18);1H. The van der Waals surface area contributed by atoms with Crippen molar-refractivity contribution in [2.75, 3.05) is 44.3 Å². The van der Waals surface area contributed by atoms with Crippen molar-refractivity contribution in [3.05, 3.63) is 23.9 Å². The molecule has 0 atom stereocenters. The molecule has 0 radical (unpaired) electrons. The van der Waals surface area contributed by atoms with Crippen LogP contribution in [0.5, 0.6) is 0 Å². The van der Waals surface area contributed by atoms with E-state index in [1.54, 1.807) is 0 Å². The minimum Gasteiger partial charge on any atom is -0.378 e. The Bertz CT molecular complexity index is 481. The number of pyridine rings is 1. The highest BCUT2D eigenvalue weighted by Gasteiger charge is 2.13. The van der Waals surface area contributed by atoms with Crippen molar-refractivity contribution in [3.63, 3.8) is 0 Å². The highest BCUT2D eigenvalue weighted by Crippen LogP contribution is 2.17. The van der Waals surface area contributed by atoms with Crippen molar-refractivity contribution in [1.82, 2.24) is 9.88 Å². The number of morpholine rings is 1. The van der Waals surface area contributed by atoms with Gasteiger partial charge in [-0.05, 0) is 24.5 Å². The topological polar surface area (TPSA) is 67.0 Å². The average molecular weight is 417 g/mol. The number of rotatable bonds is 3. The lowest BCUT2D eigenvalue weighted by molar-refractivity contribution is 0.0674. The summed E-state index contributed by atoms with van der Waals surface area (Å²) < 4.78 is 5.31. The molecule has 3 rings (SSSR count). The minimum absolute atomic E-state index is 0. The van der Waals surface area contributed by atoms with E-state index in [2.05, 4.69) is 31.9 Å². The Morgan fingerprint density at radius 2 is 1.91 bits per heavy atom. The Hall–Kier alpha value is -1.09. The van der Waals surface area contributed by atoms with E-state index in [-0.39, 0.29) is 24.0 Å². The number of anilines is 1. The van der Waals surface area contributed by atoms with Crippen molar-refractivity contribution in [3.8, 4) is 0 Å². The lowest BCUT2D eigenvalue weighted by Gasteiger charge is -2.27. The van der Waals surface area contributed by atoms with Crippen LogP contribution in [0.25, 0.3) is 0 Å². The molecule has 6 nitrogen and oxygen atoms in total. The van der Waals surface area contributed by atoms with Crippen molar-refractivity contribution < 1.29 is 4.74 Å². The van der Waals surface area contributed by atoms with Gasteiger partial charge in [-0.25, -0.2) is 9.98 Å². The number of nitrogens with zero attached hydrogens (tertiary/aromatic N) is 4. The number of hydrogen-bond donors (Lipinski definition) is 1. The summed E-state index contributed by atoms with van der Waals surface area (Å²) in [5.41, 5.74) is 7.11. The smallest absolute Gasteiger partial charge is 0.191 e. The van der Waals surface area contributed by atoms with Crippen LogP contribution < -0.4 is 10.6 Å². The third kappa shape index (κ3) is 4.45. The number of hydrogen-bond acceptors (Lipinski definition) is 4. The summed E-state index contributed by atoms with van der Waals surface area (Å²) >= 11 is 0. The molecule has 0 aromatic carbocycles. The fourth-order valence-corrected chi connectivity index (χ4v) is 2.71. The molecule has 0 amide bonds. The Morgan fingerprint density at radius 3 is 2.55 bits per heavy atom. The number of ether oxygens (including phenoxy) is 1. The Balaban J connectivity index is 0.00000176. The molecule has 0 aliphatic carbocycles. The van der Waals surface area contributed by atoms with Gasteiger partial charge in [0, 0.05) is 32.4 Å². The maximum atomic E-state index is 6.02. The van der Waals surface area contributed by atoms with Gasteiger partial charge in [0.25, 0.3) is 0 Å². The van der Waals surface area contributed by atoms with E-state index in [1.807, 2.05) is 6.20 Å². The van der Waals surface area contributed by atoms with Crippen LogP contribution in [0.15, 0.2) is 23.3 Å². The van der Waals surface area contributed by atoms with Gasteiger partial charge in [-0.1, -0.05) is 6.07 Å². The first kappa shape index (κ1) is 17.3. The van der Waals surface area contributed by atoms with Gasteiger partial charge in [-0.2, -0.15) is 0 Å². The van der Waals surface area contributed by atoms with Crippen LogP contribution in [-0.4, -0.2) is 55.2 Å². The molecule has 22 heavy (non-hydrogen) atoms. The molecule has 2 aliphatic rings. The monoisotopic (exact) mass is 417 g/mol. The van der Waals surface area contributed by atoms with E-state index in [0.29, 0.717) is 12.5 Å². The van der Waals surface area contributed by atoms with Gasteiger partial charge in [0.05, 0.1) is 19.8 Å².